The third-order valence-electron chi connectivity index (χ3n) is 3.40. The van der Waals surface area contributed by atoms with Gasteiger partial charge in [0.25, 0.3) is 0 Å². The van der Waals surface area contributed by atoms with Crippen LogP contribution in [0.2, 0.25) is 5.02 Å². The molecule has 0 radical (unpaired) electrons. The van der Waals surface area contributed by atoms with Crippen LogP contribution in [-0.4, -0.2) is 23.9 Å². The zero-order valence-electron chi connectivity index (χ0n) is 10.2. The number of rotatable bonds is 3. The van der Waals surface area contributed by atoms with E-state index in [2.05, 4.69) is 16.4 Å². The van der Waals surface area contributed by atoms with E-state index in [1.807, 2.05) is 18.2 Å². The molecule has 1 aliphatic rings. The van der Waals surface area contributed by atoms with Gasteiger partial charge in [-0.05, 0) is 43.6 Å². The highest BCUT2D eigenvalue weighted by Crippen LogP contribution is 2.20. The lowest BCUT2D eigenvalue weighted by Gasteiger charge is -2.30. The molecule has 3 N–H and O–H groups in total. The fraction of sp³-hybridized carbons (Fsp3) is 0.462. The van der Waals surface area contributed by atoms with Crippen molar-refractivity contribution in [3.05, 3.63) is 34.9 Å². The minimum atomic E-state index is -0.0441. The Balaban J connectivity index is 1.85. The predicted octanol–water partition coefficient (Wildman–Crippen LogP) is 1.54. The van der Waals surface area contributed by atoms with Gasteiger partial charge in [0.2, 0.25) is 5.91 Å². The predicted molar refractivity (Wildman–Crippen MR) is 71.8 cm³/mol. The van der Waals surface area contributed by atoms with Crippen LogP contribution in [0.25, 0.3) is 0 Å². The molecular formula is C13H18ClN3O. The second-order valence-corrected chi connectivity index (χ2v) is 5.13. The largest absolute Gasteiger partial charge is 0.299 e. The number of likely N-dealkylation sites (tertiary alicyclic amines) is 1. The number of nitrogens with zero attached hydrogens (tertiary/aromatic N) is 1. The Morgan fingerprint density at radius 2 is 2.17 bits per heavy atom. The zero-order valence-corrected chi connectivity index (χ0v) is 11.0. The van der Waals surface area contributed by atoms with E-state index in [-0.39, 0.29) is 11.8 Å². The molecule has 18 heavy (non-hydrogen) atoms. The standard InChI is InChI=1S/C13H18ClN3O/c14-12-3-1-2-10(8-12)9-17-6-4-11(5-7-17)13(18)16-15/h1-3,8,11H,4-7,9,15H2,(H,16,18). The van der Waals surface area contributed by atoms with Gasteiger partial charge in [0, 0.05) is 17.5 Å². The van der Waals surface area contributed by atoms with Crippen molar-refractivity contribution in [2.45, 2.75) is 19.4 Å². The Labute approximate surface area is 112 Å². The highest BCUT2D eigenvalue weighted by atomic mass is 35.5. The number of hydrazine groups is 1. The maximum atomic E-state index is 11.4. The third kappa shape index (κ3) is 3.45. The maximum absolute atomic E-state index is 11.4. The molecule has 1 fully saturated rings. The van der Waals surface area contributed by atoms with Crippen molar-refractivity contribution < 1.29 is 4.79 Å². The summed E-state index contributed by atoms with van der Waals surface area (Å²) in [5, 5.41) is 0.768. The van der Waals surface area contributed by atoms with Crippen molar-refractivity contribution >= 4 is 17.5 Å². The number of hydrogen-bond donors (Lipinski definition) is 2. The quantitative estimate of drug-likeness (QED) is 0.496. The van der Waals surface area contributed by atoms with Crippen LogP contribution in [0.4, 0.5) is 0 Å². The third-order valence-corrected chi connectivity index (χ3v) is 3.63. The zero-order chi connectivity index (χ0) is 13.0. The van der Waals surface area contributed by atoms with Crippen LogP contribution >= 0.6 is 11.6 Å². The summed E-state index contributed by atoms with van der Waals surface area (Å²) in [7, 11) is 0. The van der Waals surface area contributed by atoms with Gasteiger partial charge in [-0.2, -0.15) is 0 Å². The summed E-state index contributed by atoms with van der Waals surface area (Å²) < 4.78 is 0. The summed E-state index contributed by atoms with van der Waals surface area (Å²) in [6.45, 7) is 2.73. The van der Waals surface area contributed by atoms with E-state index in [9.17, 15) is 4.79 Å². The molecule has 4 nitrogen and oxygen atoms in total. The number of piperidine rings is 1. The molecule has 1 aliphatic heterocycles. The summed E-state index contributed by atoms with van der Waals surface area (Å²) in [6, 6.07) is 7.90. The molecule has 1 aromatic rings. The monoisotopic (exact) mass is 267 g/mol. The van der Waals surface area contributed by atoms with Gasteiger partial charge < -0.3 is 0 Å². The lowest BCUT2D eigenvalue weighted by atomic mass is 9.96. The molecule has 98 valence electrons. The highest BCUT2D eigenvalue weighted by molar-refractivity contribution is 6.30. The van der Waals surface area contributed by atoms with Gasteiger partial charge in [-0.1, -0.05) is 23.7 Å². The van der Waals surface area contributed by atoms with Crippen LogP contribution in [-0.2, 0) is 11.3 Å². The van der Waals surface area contributed by atoms with Crippen LogP contribution in [0.3, 0.4) is 0 Å². The van der Waals surface area contributed by atoms with Gasteiger partial charge >= 0.3 is 0 Å². The molecular weight excluding hydrogens is 250 g/mol. The second kappa shape index (κ2) is 6.18. The van der Waals surface area contributed by atoms with E-state index in [4.69, 9.17) is 17.4 Å². The minimum absolute atomic E-state index is 0.0441. The molecule has 0 aliphatic carbocycles. The SMILES string of the molecule is NNC(=O)C1CCN(Cc2cccc(Cl)c2)CC1. The number of carbonyl (C=O) groups is 1. The average Bonchev–Trinajstić information content (AvgIpc) is 2.39. The smallest absolute Gasteiger partial charge is 0.237 e. The molecule has 1 heterocycles. The first-order valence-electron chi connectivity index (χ1n) is 6.16. The number of benzene rings is 1. The molecule has 0 atom stereocenters. The molecule has 5 heteroatoms. The summed E-state index contributed by atoms with van der Waals surface area (Å²) in [4.78, 5) is 13.7. The molecule has 0 unspecified atom stereocenters. The molecule has 1 saturated heterocycles. The van der Waals surface area contributed by atoms with Crippen molar-refractivity contribution in [3.63, 3.8) is 0 Å². The van der Waals surface area contributed by atoms with E-state index in [0.29, 0.717) is 0 Å². The van der Waals surface area contributed by atoms with Gasteiger partial charge in [-0.25, -0.2) is 5.84 Å². The number of nitrogens with two attached hydrogens (primary N) is 1. The maximum Gasteiger partial charge on any atom is 0.237 e. The van der Waals surface area contributed by atoms with Crippen molar-refractivity contribution in [2.24, 2.45) is 11.8 Å². The minimum Gasteiger partial charge on any atom is -0.299 e. The molecule has 0 aromatic heterocycles. The highest BCUT2D eigenvalue weighted by Gasteiger charge is 2.24. The Bertz CT molecular complexity index is 416. The van der Waals surface area contributed by atoms with Gasteiger partial charge in [0.05, 0.1) is 0 Å². The van der Waals surface area contributed by atoms with E-state index in [1.165, 1.54) is 5.56 Å². The lowest BCUT2D eigenvalue weighted by molar-refractivity contribution is -0.126. The van der Waals surface area contributed by atoms with Crippen LogP contribution in [0.5, 0.6) is 0 Å². The van der Waals surface area contributed by atoms with Crippen LogP contribution in [0, 0.1) is 5.92 Å². The molecule has 0 saturated carbocycles. The molecule has 0 bridgehead atoms. The Hall–Kier alpha value is -1.10. The van der Waals surface area contributed by atoms with E-state index >= 15 is 0 Å². The summed E-state index contributed by atoms with van der Waals surface area (Å²) >= 11 is 5.96. The molecule has 0 spiro atoms. The molecule has 1 amide bonds. The van der Waals surface area contributed by atoms with Crippen molar-refractivity contribution in [1.82, 2.24) is 10.3 Å². The Morgan fingerprint density at radius 1 is 1.44 bits per heavy atom. The van der Waals surface area contributed by atoms with Crippen LogP contribution in [0.1, 0.15) is 18.4 Å². The Morgan fingerprint density at radius 3 is 2.78 bits per heavy atom. The fourth-order valence-corrected chi connectivity index (χ4v) is 2.58. The topological polar surface area (TPSA) is 58.4 Å². The number of carbonyl (C=O) groups excluding carboxylic acids is 1. The lowest BCUT2D eigenvalue weighted by Crippen LogP contribution is -2.42. The summed E-state index contributed by atoms with van der Waals surface area (Å²) in [5.74, 6) is 5.17. The van der Waals surface area contributed by atoms with Gasteiger partial charge in [-0.15, -0.1) is 0 Å². The summed E-state index contributed by atoms with van der Waals surface area (Å²) in [6.07, 6.45) is 1.73. The van der Waals surface area contributed by atoms with Gasteiger partial charge in [0.1, 0.15) is 0 Å². The van der Waals surface area contributed by atoms with Gasteiger partial charge in [-0.3, -0.25) is 15.1 Å². The first-order valence-corrected chi connectivity index (χ1v) is 6.54. The molecule has 2 rings (SSSR count). The average molecular weight is 268 g/mol. The van der Waals surface area contributed by atoms with E-state index in [0.717, 1.165) is 37.5 Å². The first kappa shape index (κ1) is 13.3. The number of hydrogen-bond acceptors (Lipinski definition) is 3. The Kier molecular flexibility index (Phi) is 4.58. The second-order valence-electron chi connectivity index (χ2n) is 4.69. The van der Waals surface area contributed by atoms with E-state index in [1.54, 1.807) is 0 Å². The van der Waals surface area contributed by atoms with Gasteiger partial charge in [0.15, 0.2) is 0 Å². The number of amides is 1. The van der Waals surface area contributed by atoms with Crippen LogP contribution in [0.15, 0.2) is 24.3 Å². The number of nitrogens with one attached hydrogen (secondary N) is 1. The fourth-order valence-electron chi connectivity index (χ4n) is 2.36. The van der Waals surface area contributed by atoms with Crippen molar-refractivity contribution in [2.75, 3.05) is 13.1 Å². The first-order chi connectivity index (χ1) is 8.69. The van der Waals surface area contributed by atoms with Crippen LogP contribution < -0.4 is 11.3 Å². The normalized spacial score (nSPS) is 17.7. The number of halogens is 1. The van der Waals surface area contributed by atoms with Crippen molar-refractivity contribution in [1.29, 1.82) is 0 Å². The van der Waals surface area contributed by atoms with Crippen molar-refractivity contribution in [3.8, 4) is 0 Å². The summed E-state index contributed by atoms with van der Waals surface area (Å²) in [5.41, 5.74) is 3.44. The molecule has 1 aromatic carbocycles. The van der Waals surface area contributed by atoms with E-state index < -0.39 is 0 Å².